The highest BCUT2D eigenvalue weighted by Gasteiger charge is 2.35. The molecule has 0 spiro atoms. The summed E-state index contributed by atoms with van der Waals surface area (Å²) in [4.78, 5) is 31.4. The Labute approximate surface area is 178 Å². The maximum atomic E-state index is 12.7. The number of hydrogen-bond donors (Lipinski definition) is 1. The Kier molecular flexibility index (Phi) is 6.65. The van der Waals surface area contributed by atoms with Crippen LogP contribution in [0.5, 0.6) is 0 Å². The predicted octanol–water partition coefficient (Wildman–Crippen LogP) is 5.28. The number of halogens is 2. The van der Waals surface area contributed by atoms with Crippen LogP contribution < -0.4 is 5.32 Å². The van der Waals surface area contributed by atoms with Crippen molar-refractivity contribution in [2.45, 2.75) is 25.5 Å². The van der Waals surface area contributed by atoms with E-state index < -0.39 is 5.25 Å². The van der Waals surface area contributed by atoms with Gasteiger partial charge in [0.2, 0.25) is 11.8 Å². The molecule has 1 heterocycles. The van der Waals surface area contributed by atoms with Crippen LogP contribution in [0.15, 0.2) is 47.5 Å². The summed E-state index contributed by atoms with van der Waals surface area (Å²) < 4.78 is 0. The Morgan fingerprint density at radius 3 is 2.75 bits per heavy atom. The first-order valence-corrected chi connectivity index (χ1v) is 10.4. The van der Waals surface area contributed by atoms with Crippen molar-refractivity contribution in [3.05, 3.63) is 58.1 Å². The number of rotatable bonds is 4. The number of nitrogens with one attached hydrogen (secondary N) is 1. The highest BCUT2D eigenvalue weighted by atomic mass is 35.5. The van der Waals surface area contributed by atoms with Crippen molar-refractivity contribution in [3.63, 3.8) is 0 Å². The first-order valence-electron chi connectivity index (χ1n) is 8.75. The zero-order valence-corrected chi connectivity index (χ0v) is 17.7. The number of aliphatic imine (C=N–C) groups is 1. The van der Waals surface area contributed by atoms with E-state index >= 15 is 0 Å². The molecule has 1 saturated heterocycles. The SMILES string of the molecule is CCN1C(=O)CC(C(=O)Nc2ccc(C)c(Cl)c2)SC1=Nc1cccc(Cl)c1. The molecule has 2 amide bonds. The second-order valence-corrected chi connectivity index (χ2v) is 8.29. The molecule has 1 aliphatic heterocycles. The topological polar surface area (TPSA) is 61.8 Å². The Balaban J connectivity index is 1.81. The van der Waals surface area contributed by atoms with Crippen LogP contribution in [-0.4, -0.2) is 33.7 Å². The zero-order valence-electron chi connectivity index (χ0n) is 15.4. The number of amides is 2. The average molecular weight is 436 g/mol. The number of carbonyl (C=O) groups excluding carboxylic acids is 2. The third-order valence-corrected chi connectivity index (χ3v) is 6.05. The highest BCUT2D eigenvalue weighted by molar-refractivity contribution is 8.15. The molecule has 1 unspecified atom stereocenters. The van der Waals surface area contributed by atoms with Crippen LogP contribution in [0.4, 0.5) is 11.4 Å². The van der Waals surface area contributed by atoms with Crippen molar-refractivity contribution in [2.75, 3.05) is 11.9 Å². The summed E-state index contributed by atoms with van der Waals surface area (Å²) in [7, 11) is 0. The van der Waals surface area contributed by atoms with Crippen LogP contribution in [0.1, 0.15) is 18.9 Å². The summed E-state index contributed by atoms with van der Waals surface area (Å²) in [5.74, 6) is -0.392. The van der Waals surface area contributed by atoms with E-state index in [4.69, 9.17) is 23.2 Å². The van der Waals surface area contributed by atoms with Gasteiger partial charge in [0.25, 0.3) is 0 Å². The second-order valence-electron chi connectivity index (χ2n) is 6.28. The van der Waals surface area contributed by atoms with Crippen molar-refractivity contribution < 1.29 is 9.59 Å². The van der Waals surface area contributed by atoms with Gasteiger partial charge in [-0.2, -0.15) is 0 Å². The molecule has 5 nitrogen and oxygen atoms in total. The van der Waals surface area contributed by atoms with Crippen LogP contribution in [0.2, 0.25) is 10.0 Å². The van der Waals surface area contributed by atoms with Crippen molar-refractivity contribution in [3.8, 4) is 0 Å². The summed E-state index contributed by atoms with van der Waals surface area (Å²) >= 11 is 13.4. The molecule has 2 aromatic rings. The second kappa shape index (κ2) is 8.99. The molecule has 0 saturated carbocycles. The third-order valence-electron chi connectivity index (χ3n) is 4.22. The number of amidine groups is 1. The molecular weight excluding hydrogens is 417 g/mol. The molecule has 0 bridgehead atoms. The fourth-order valence-electron chi connectivity index (χ4n) is 2.70. The van der Waals surface area contributed by atoms with Gasteiger partial charge in [-0.1, -0.05) is 47.1 Å². The number of hydrogen-bond acceptors (Lipinski definition) is 4. The molecule has 28 heavy (non-hydrogen) atoms. The third kappa shape index (κ3) is 4.87. The maximum absolute atomic E-state index is 12.7. The molecule has 0 aliphatic carbocycles. The fraction of sp³-hybridized carbons (Fsp3) is 0.250. The molecular formula is C20H19Cl2N3O2S. The van der Waals surface area contributed by atoms with E-state index in [1.165, 1.54) is 11.8 Å². The summed E-state index contributed by atoms with van der Waals surface area (Å²) in [5.41, 5.74) is 2.16. The lowest BCUT2D eigenvalue weighted by Gasteiger charge is -2.31. The molecule has 1 aliphatic rings. The van der Waals surface area contributed by atoms with Crippen LogP contribution in [0, 0.1) is 6.92 Å². The normalized spacial score (nSPS) is 18.4. The molecule has 1 N–H and O–H groups in total. The van der Waals surface area contributed by atoms with E-state index in [-0.39, 0.29) is 18.2 Å². The van der Waals surface area contributed by atoms with Gasteiger partial charge in [0.15, 0.2) is 5.17 Å². The molecule has 1 atom stereocenters. The number of benzene rings is 2. The Hall–Kier alpha value is -2.02. The van der Waals surface area contributed by atoms with E-state index in [0.717, 1.165) is 5.56 Å². The number of nitrogens with zero attached hydrogens (tertiary/aromatic N) is 2. The average Bonchev–Trinajstić information content (AvgIpc) is 2.64. The standard InChI is InChI=1S/C20H19Cl2N3O2S/c1-3-25-18(26)11-17(19(27)23-15-8-7-12(2)16(22)10-15)28-20(25)24-14-6-4-5-13(21)9-14/h4-10,17H,3,11H2,1-2H3,(H,23,27). The van der Waals surface area contributed by atoms with Gasteiger partial charge in [-0.3, -0.25) is 14.5 Å². The van der Waals surface area contributed by atoms with Crippen LogP contribution in [-0.2, 0) is 9.59 Å². The molecule has 0 aromatic heterocycles. The minimum atomic E-state index is -0.576. The van der Waals surface area contributed by atoms with Gasteiger partial charge in [0.1, 0.15) is 5.25 Å². The Morgan fingerprint density at radius 1 is 1.29 bits per heavy atom. The lowest BCUT2D eigenvalue weighted by molar-refractivity contribution is -0.129. The van der Waals surface area contributed by atoms with Crippen molar-refractivity contribution in [1.82, 2.24) is 4.90 Å². The van der Waals surface area contributed by atoms with E-state index in [2.05, 4.69) is 10.3 Å². The van der Waals surface area contributed by atoms with Crippen molar-refractivity contribution in [1.29, 1.82) is 0 Å². The highest BCUT2D eigenvalue weighted by Crippen LogP contribution is 2.30. The monoisotopic (exact) mass is 435 g/mol. The first kappa shape index (κ1) is 20.7. The van der Waals surface area contributed by atoms with Gasteiger partial charge in [-0.25, -0.2) is 4.99 Å². The number of aryl methyl sites for hydroxylation is 1. The van der Waals surface area contributed by atoms with E-state index in [1.807, 2.05) is 19.9 Å². The molecule has 1 fully saturated rings. The lowest BCUT2D eigenvalue weighted by atomic mass is 10.2. The number of thioether (sulfide) groups is 1. The van der Waals surface area contributed by atoms with E-state index in [0.29, 0.717) is 33.1 Å². The zero-order chi connectivity index (χ0) is 20.3. The summed E-state index contributed by atoms with van der Waals surface area (Å²) in [6.07, 6.45) is 0.110. The number of anilines is 1. The van der Waals surface area contributed by atoms with Gasteiger partial charge in [0.05, 0.1) is 5.69 Å². The Morgan fingerprint density at radius 2 is 2.07 bits per heavy atom. The summed E-state index contributed by atoms with van der Waals surface area (Å²) in [5, 5.41) is 3.88. The van der Waals surface area contributed by atoms with Gasteiger partial charge in [-0.15, -0.1) is 0 Å². The summed E-state index contributed by atoms with van der Waals surface area (Å²) in [6, 6.07) is 12.4. The minimum absolute atomic E-state index is 0.110. The predicted molar refractivity (Wildman–Crippen MR) is 117 cm³/mol. The van der Waals surface area contributed by atoms with Gasteiger partial charge in [-0.05, 0) is 49.7 Å². The molecule has 2 aromatic carbocycles. The van der Waals surface area contributed by atoms with Crippen LogP contribution in [0.25, 0.3) is 0 Å². The largest absolute Gasteiger partial charge is 0.325 e. The van der Waals surface area contributed by atoms with E-state index in [1.54, 1.807) is 41.3 Å². The van der Waals surface area contributed by atoms with E-state index in [9.17, 15) is 9.59 Å². The first-order chi connectivity index (χ1) is 13.4. The van der Waals surface area contributed by atoms with Gasteiger partial charge < -0.3 is 5.32 Å². The van der Waals surface area contributed by atoms with Crippen molar-refractivity contribution in [2.24, 2.45) is 4.99 Å². The molecule has 0 radical (unpaired) electrons. The quantitative estimate of drug-likeness (QED) is 0.709. The molecule has 146 valence electrons. The lowest BCUT2D eigenvalue weighted by Crippen LogP contribution is -2.45. The maximum Gasteiger partial charge on any atom is 0.238 e. The summed E-state index contributed by atoms with van der Waals surface area (Å²) in [6.45, 7) is 4.25. The Bertz CT molecular complexity index is 949. The fourth-order valence-corrected chi connectivity index (χ4v) is 4.23. The minimum Gasteiger partial charge on any atom is -0.325 e. The smallest absolute Gasteiger partial charge is 0.238 e. The molecule has 8 heteroatoms. The van der Waals surface area contributed by atoms with Gasteiger partial charge >= 0.3 is 0 Å². The van der Waals surface area contributed by atoms with Crippen LogP contribution in [0.3, 0.4) is 0 Å². The molecule has 3 rings (SSSR count). The van der Waals surface area contributed by atoms with Crippen molar-refractivity contribution >= 4 is 63.3 Å². The number of carbonyl (C=O) groups is 2. The van der Waals surface area contributed by atoms with Crippen LogP contribution >= 0.6 is 35.0 Å². The van der Waals surface area contributed by atoms with Gasteiger partial charge in [0, 0.05) is 28.7 Å².